The van der Waals surface area contributed by atoms with Crippen molar-refractivity contribution < 1.29 is 22.7 Å². The number of para-hydroxylation sites is 1. The molecule has 1 fully saturated rings. The minimum Gasteiger partial charge on any atom is -0.444 e. The van der Waals surface area contributed by atoms with E-state index in [0.717, 1.165) is 12.8 Å². The van der Waals surface area contributed by atoms with E-state index in [0.29, 0.717) is 18.7 Å². The SMILES string of the molecule is CC(C)(C)OC(=O)N1CCCCC1C(=O)Nc1cccc(S(=O)(=O)Nc2ccccc2Cl)c1. The molecule has 0 aliphatic carbocycles. The van der Waals surface area contributed by atoms with E-state index in [4.69, 9.17) is 16.3 Å². The van der Waals surface area contributed by atoms with Crippen LogP contribution in [0.4, 0.5) is 16.2 Å². The average Bonchev–Trinajstić information content (AvgIpc) is 2.74. The van der Waals surface area contributed by atoms with E-state index in [1.54, 1.807) is 51.1 Å². The van der Waals surface area contributed by atoms with Crippen LogP contribution in [0.2, 0.25) is 5.02 Å². The van der Waals surface area contributed by atoms with Crippen molar-refractivity contribution in [1.29, 1.82) is 0 Å². The summed E-state index contributed by atoms with van der Waals surface area (Å²) in [4.78, 5) is 27.0. The maximum absolute atomic E-state index is 13.0. The minimum atomic E-state index is -3.93. The molecule has 2 amide bonds. The molecular formula is C23H28ClN3O5S. The maximum Gasteiger partial charge on any atom is 0.410 e. The first kappa shape index (κ1) is 24.9. The van der Waals surface area contributed by atoms with Gasteiger partial charge in [-0.15, -0.1) is 0 Å². The molecule has 1 unspecified atom stereocenters. The molecule has 33 heavy (non-hydrogen) atoms. The van der Waals surface area contributed by atoms with Gasteiger partial charge in [-0.3, -0.25) is 14.4 Å². The van der Waals surface area contributed by atoms with Crippen molar-refractivity contribution >= 4 is 45.0 Å². The molecule has 0 spiro atoms. The summed E-state index contributed by atoms with van der Waals surface area (Å²) in [5.41, 5.74) is -0.118. The fourth-order valence-electron chi connectivity index (χ4n) is 3.46. The van der Waals surface area contributed by atoms with Crippen molar-refractivity contribution in [3.8, 4) is 0 Å². The number of nitrogens with zero attached hydrogens (tertiary/aromatic N) is 1. The lowest BCUT2D eigenvalue weighted by Crippen LogP contribution is -2.51. The van der Waals surface area contributed by atoms with Crippen LogP contribution in [0.15, 0.2) is 53.4 Å². The highest BCUT2D eigenvalue weighted by Crippen LogP contribution is 2.26. The van der Waals surface area contributed by atoms with E-state index in [9.17, 15) is 18.0 Å². The number of piperidine rings is 1. The van der Waals surface area contributed by atoms with Crippen molar-refractivity contribution in [2.75, 3.05) is 16.6 Å². The molecule has 1 saturated heterocycles. The van der Waals surface area contributed by atoms with Gasteiger partial charge in [0.15, 0.2) is 0 Å². The molecule has 2 N–H and O–H groups in total. The van der Waals surface area contributed by atoms with Crippen LogP contribution in [0.25, 0.3) is 0 Å². The normalized spacial score (nSPS) is 16.7. The first-order valence-corrected chi connectivity index (χ1v) is 12.5. The van der Waals surface area contributed by atoms with E-state index in [1.807, 2.05) is 0 Å². The molecule has 2 aromatic rings. The fourth-order valence-corrected chi connectivity index (χ4v) is 4.82. The molecule has 1 aliphatic heterocycles. The van der Waals surface area contributed by atoms with Crippen molar-refractivity contribution in [3.63, 3.8) is 0 Å². The second kappa shape index (κ2) is 10.0. The summed E-state index contributed by atoms with van der Waals surface area (Å²) in [6.07, 6.45) is 1.54. The minimum absolute atomic E-state index is 0.0344. The number of benzene rings is 2. The zero-order chi connectivity index (χ0) is 24.2. The van der Waals surface area contributed by atoms with E-state index in [2.05, 4.69) is 10.0 Å². The zero-order valence-electron chi connectivity index (χ0n) is 18.8. The summed E-state index contributed by atoms with van der Waals surface area (Å²) >= 11 is 6.06. The lowest BCUT2D eigenvalue weighted by atomic mass is 10.0. The number of amides is 2. The summed E-state index contributed by atoms with van der Waals surface area (Å²) in [6.45, 7) is 5.73. The molecule has 10 heteroatoms. The number of halogens is 1. The second-order valence-electron chi connectivity index (χ2n) is 8.79. The van der Waals surface area contributed by atoms with Gasteiger partial charge in [-0.25, -0.2) is 13.2 Å². The van der Waals surface area contributed by atoms with Crippen LogP contribution < -0.4 is 10.0 Å². The predicted octanol–water partition coefficient (Wildman–Crippen LogP) is 4.87. The number of anilines is 2. The monoisotopic (exact) mass is 493 g/mol. The predicted molar refractivity (Wildman–Crippen MR) is 128 cm³/mol. The molecule has 3 rings (SSSR count). The van der Waals surface area contributed by atoms with Gasteiger partial charge in [-0.1, -0.05) is 29.8 Å². The Labute approximate surface area is 199 Å². The molecule has 0 saturated carbocycles. The van der Waals surface area contributed by atoms with Crippen molar-refractivity contribution in [3.05, 3.63) is 53.6 Å². The Balaban J connectivity index is 1.75. The maximum atomic E-state index is 13.0. The Morgan fingerprint density at radius 2 is 1.82 bits per heavy atom. The molecule has 0 aromatic heterocycles. The Morgan fingerprint density at radius 3 is 2.52 bits per heavy atom. The van der Waals surface area contributed by atoms with Crippen LogP contribution in [0.3, 0.4) is 0 Å². The van der Waals surface area contributed by atoms with Crippen LogP contribution in [-0.4, -0.2) is 43.5 Å². The van der Waals surface area contributed by atoms with Crippen LogP contribution in [0.5, 0.6) is 0 Å². The highest BCUT2D eigenvalue weighted by molar-refractivity contribution is 7.92. The average molecular weight is 494 g/mol. The molecular weight excluding hydrogens is 466 g/mol. The highest BCUT2D eigenvalue weighted by atomic mass is 35.5. The van der Waals surface area contributed by atoms with Gasteiger partial charge in [0, 0.05) is 12.2 Å². The Bertz CT molecular complexity index is 1130. The van der Waals surface area contributed by atoms with Crippen LogP contribution in [0, 0.1) is 0 Å². The molecule has 1 heterocycles. The van der Waals surface area contributed by atoms with E-state index in [-0.39, 0.29) is 15.6 Å². The first-order chi connectivity index (χ1) is 15.5. The smallest absolute Gasteiger partial charge is 0.410 e. The highest BCUT2D eigenvalue weighted by Gasteiger charge is 2.35. The molecule has 1 aliphatic rings. The van der Waals surface area contributed by atoms with Gasteiger partial charge < -0.3 is 10.1 Å². The van der Waals surface area contributed by atoms with Crippen LogP contribution in [-0.2, 0) is 19.6 Å². The number of carbonyl (C=O) groups excluding carboxylic acids is 2. The van der Waals surface area contributed by atoms with Crippen molar-refractivity contribution in [2.24, 2.45) is 0 Å². The second-order valence-corrected chi connectivity index (χ2v) is 10.9. The number of hydrogen-bond acceptors (Lipinski definition) is 5. The van der Waals surface area contributed by atoms with Gasteiger partial charge in [0.05, 0.1) is 15.6 Å². The molecule has 0 bridgehead atoms. The standard InChI is InChI=1S/C23H28ClN3O5S/c1-23(2,3)32-22(29)27-14-7-6-13-20(27)21(28)25-16-9-8-10-17(15-16)33(30,31)26-19-12-5-4-11-18(19)24/h4-5,8-12,15,20,26H,6-7,13-14H2,1-3H3,(H,25,28). The third kappa shape index (κ3) is 6.61. The van der Waals surface area contributed by atoms with Crippen molar-refractivity contribution in [2.45, 2.75) is 56.6 Å². The third-order valence-electron chi connectivity index (χ3n) is 4.96. The Morgan fingerprint density at radius 1 is 1.09 bits per heavy atom. The number of sulfonamides is 1. The number of hydrogen-bond donors (Lipinski definition) is 2. The van der Waals surface area contributed by atoms with Gasteiger partial charge in [0.2, 0.25) is 5.91 Å². The number of ether oxygens (including phenoxy) is 1. The summed E-state index contributed by atoms with van der Waals surface area (Å²) in [6, 6.07) is 11.7. The van der Waals surface area contributed by atoms with Gasteiger partial charge in [-0.2, -0.15) is 0 Å². The number of nitrogens with one attached hydrogen (secondary N) is 2. The van der Waals surface area contributed by atoms with Gasteiger partial charge in [0.1, 0.15) is 11.6 Å². The quantitative estimate of drug-likeness (QED) is 0.618. The number of likely N-dealkylation sites (tertiary alicyclic amines) is 1. The Kier molecular flexibility index (Phi) is 7.54. The van der Waals surface area contributed by atoms with Gasteiger partial charge >= 0.3 is 6.09 Å². The van der Waals surface area contributed by atoms with Gasteiger partial charge in [-0.05, 0) is 70.4 Å². The Hall–Kier alpha value is -2.78. The molecule has 178 valence electrons. The molecule has 8 nitrogen and oxygen atoms in total. The lowest BCUT2D eigenvalue weighted by Gasteiger charge is -2.35. The topological polar surface area (TPSA) is 105 Å². The van der Waals surface area contributed by atoms with Gasteiger partial charge in [0.25, 0.3) is 10.0 Å². The molecule has 0 radical (unpaired) electrons. The van der Waals surface area contributed by atoms with E-state index < -0.39 is 33.7 Å². The summed E-state index contributed by atoms with van der Waals surface area (Å²) < 4.78 is 33.5. The summed E-state index contributed by atoms with van der Waals surface area (Å²) in [7, 11) is -3.93. The third-order valence-corrected chi connectivity index (χ3v) is 6.66. The van der Waals surface area contributed by atoms with Crippen LogP contribution in [0.1, 0.15) is 40.0 Å². The first-order valence-electron chi connectivity index (χ1n) is 10.6. The van der Waals surface area contributed by atoms with E-state index in [1.165, 1.54) is 23.1 Å². The van der Waals surface area contributed by atoms with Crippen LogP contribution >= 0.6 is 11.6 Å². The largest absolute Gasteiger partial charge is 0.444 e. The number of rotatable bonds is 5. The summed E-state index contributed by atoms with van der Waals surface area (Å²) in [5.74, 6) is -0.394. The number of carbonyl (C=O) groups is 2. The molecule has 2 aromatic carbocycles. The van der Waals surface area contributed by atoms with E-state index >= 15 is 0 Å². The zero-order valence-corrected chi connectivity index (χ0v) is 20.4. The fraction of sp³-hybridized carbons (Fsp3) is 0.391. The van der Waals surface area contributed by atoms with Crippen molar-refractivity contribution in [1.82, 2.24) is 4.90 Å². The summed E-state index contributed by atoms with van der Waals surface area (Å²) in [5, 5.41) is 3.01. The lowest BCUT2D eigenvalue weighted by molar-refractivity contribution is -0.122. The molecule has 1 atom stereocenters.